The summed E-state index contributed by atoms with van der Waals surface area (Å²) >= 11 is 0. The van der Waals surface area contributed by atoms with Gasteiger partial charge in [-0.25, -0.2) is 0 Å². The molecule has 0 atom stereocenters. The second-order valence-corrected chi connectivity index (χ2v) is 20.6. The predicted octanol–water partition coefficient (Wildman–Crippen LogP) is 3.33. The van der Waals surface area contributed by atoms with Gasteiger partial charge in [0.1, 0.15) is 60.3 Å². The van der Waals surface area contributed by atoms with Crippen LogP contribution < -0.4 is 62.9 Å². The zero-order valence-corrected chi connectivity index (χ0v) is 49.0. The first-order valence-corrected chi connectivity index (χ1v) is 29.2. The highest BCUT2D eigenvalue weighted by molar-refractivity contribution is 5.98. The van der Waals surface area contributed by atoms with Crippen molar-refractivity contribution in [2.75, 3.05) is 52.4 Å². The van der Waals surface area contributed by atoms with E-state index in [2.05, 4.69) is 21.3 Å². The number of nitrogens with one attached hydrogen (secondary N) is 4. The molecule has 464 valence electrons. The van der Waals surface area contributed by atoms with Gasteiger partial charge in [0.15, 0.2) is 0 Å². The summed E-state index contributed by atoms with van der Waals surface area (Å²) in [5.41, 5.74) is -1.87. The fraction of sp³-hybridized carbons (Fsp3) is 0.242. The molecular weight excluding hydrogens is 1160 g/mol. The lowest BCUT2D eigenvalue weighted by atomic mass is 10.2. The van der Waals surface area contributed by atoms with Gasteiger partial charge in [-0.15, -0.1) is 18.9 Å². The maximum absolute atomic E-state index is 14.7. The first-order valence-electron chi connectivity index (χ1n) is 29.2. The van der Waals surface area contributed by atoms with E-state index in [1.807, 2.05) is 36.4 Å². The quantitative estimate of drug-likeness (QED) is 0.122. The Morgan fingerprint density at radius 2 is 0.633 bits per heavy atom. The lowest BCUT2D eigenvalue weighted by molar-refractivity contribution is 0.0558. The number of amides is 6. The van der Waals surface area contributed by atoms with E-state index in [1.165, 1.54) is 70.5 Å². The summed E-state index contributed by atoms with van der Waals surface area (Å²) in [5, 5.41) is 10.8. The zero-order valence-electron chi connectivity index (χ0n) is 49.0. The monoisotopic (exact) mass is 1220 g/mol. The Balaban J connectivity index is 1.02. The molecule has 0 aliphatic carbocycles. The van der Waals surface area contributed by atoms with Gasteiger partial charge in [0.25, 0.3) is 57.7 Å². The van der Waals surface area contributed by atoms with Gasteiger partial charge in [0.2, 0.25) is 0 Å². The number of rotatable bonds is 14. The van der Waals surface area contributed by atoms with Crippen molar-refractivity contribution in [2.24, 2.45) is 0 Å². The van der Waals surface area contributed by atoms with Crippen LogP contribution in [0.4, 0.5) is 0 Å². The van der Waals surface area contributed by atoms with E-state index in [1.54, 1.807) is 84.9 Å². The summed E-state index contributed by atoms with van der Waals surface area (Å²) in [7, 11) is 0. The molecule has 90 heavy (non-hydrogen) atoms. The number of carbonyl (C=O) groups excluding carboxylic acids is 6. The summed E-state index contributed by atoms with van der Waals surface area (Å²) in [5.74, 6) is -4.41. The molecule has 0 spiro atoms. The van der Waals surface area contributed by atoms with Crippen molar-refractivity contribution in [1.29, 1.82) is 0 Å². The number of hydrogen-bond donors (Lipinski definition) is 4. The van der Waals surface area contributed by atoms with E-state index >= 15 is 0 Å². The number of nitrogens with zero attached hydrogens (tertiary/aromatic N) is 6. The number of carbonyl (C=O) groups is 6. The predicted molar refractivity (Wildman–Crippen MR) is 329 cm³/mol. The molecule has 4 aromatic carbocycles. The molecule has 24 nitrogen and oxygen atoms in total. The van der Waals surface area contributed by atoms with Crippen molar-refractivity contribution in [3.05, 3.63) is 280 Å². The van der Waals surface area contributed by atoms with Crippen molar-refractivity contribution in [3.8, 4) is 0 Å². The Bertz CT molecular complexity index is 3800. The lowest BCUT2D eigenvalue weighted by Crippen LogP contribution is -2.43. The maximum atomic E-state index is 14.7. The molecule has 0 radical (unpaired) electrons. The van der Waals surface area contributed by atoms with Crippen LogP contribution in [-0.4, -0.2) is 117 Å². The Hall–Kier alpha value is -11.3. The van der Waals surface area contributed by atoms with E-state index in [-0.39, 0.29) is 138 Å². The summed E-state index contributed by atoms with van der Waals surface area (Å²) < 4.78 is 3.27. The Kier molecular flexibility index (Phi) is 22.0. The topological polar surface area (TPSA) is 282 Å². The minimum absolute atomic E-state index is 0.00913. The van der Waals surface area contributed by atoms with Gasteiger partial charge >= 0.3 is 0 Å². The molecule has 4 N–H and O–H groups in total. The molecule has 6 amide bonds. The third-order valence-electron chi connectivity index (χ3n) is 14.3. The van der Waals surface area contributed by atoms with E-state index in [0.717, 1.165) is 20.6 Å². The minimum Gasteiger partial charge on any atom is -0.405 e. The molecule has 3 aliphatic heterocycles. The average molecular weight is 1220 g/mol. The summed E-state index contributed by atoms with van der Waals surface area (Å²) in [6, 6.07) is 48.8. The minimum atomic E-state index is -0.966. The van der Waals surface area contributed by atoms with E-state index < -0.39 is 57.7 Å². The molecule has 0 saturated heterocycles. The maximum Gasteiger partial charge on any atom is 0.296 e. The third kappa shape index (κ3) is 16.6. The number of aromatic nitrogens is 4. The van der Waals surface area contributed by atoms with Crippen LogP contribution in [0.3, 0.4) is 0 Å². The molecule has 0 unspecified atom stereocenters. The van der Waals surface area contributed by atoms with Crippen molar-refractivity contribution in [2.45, 2.75) is 52.1 Å². The molecule has 8 aromatic rings. The van der Waals surface area contributed by atoms with Crippen LogP contribution in [-0.2, 0) is 26.4 Å². The fourth-order valence-corrected chi connectivity index (χ4v) is 9.59. The smallest absolute Gasteiger partial charge is 0.296 e. The third-order valence-corrected chi connectivity index (χ3v) is 14.3. The SMILES string of the molecule is O=C1NCCCN(C(=O)c2cccc(=O)n2OCc2ccccc2)CCCCN(C(=O)c2cccc(=O)n2OCc2ccccc2)CCCNC(=O)c2ccc(n(OCc3ccccc3)c2=O)C(=O)NCCNC(=O)c2ccc1c(=O)n2OCc1ccccc1. The summed E-state index contributed by atoms with van der Waals surface area (Å²) in [6.45, 7) is -0.830. The van der Waals surface area contributed by atoms with Crippen molar-refractivity contribution >= 4 is 35.4 Å². The standard InChI is InChI=1S/C66H66N10O14/c77-57-29-15-27-55(73(57)87-43-47-19-5-1-6-20-47)65(85)71-39-13-14-40-72(66(86)56-28-16-30-58(78)74(56)88-44-48-21-7-2-8-22-48)42-18-36-68-60(80)52-32-34-54(76(64(52)84)90-46-50-25-11-4-12-26-50)62(82)70-38-37-69-61(81)53-33-31-51(59(79)67-35-17-41-71)63(83)75(53)89-45-49-23-9-3-10-24-49/h1-12,15-16,19-34H,13-14,17-18,35-46H2,(H,67,79)(H,68,80)(H,69,81)(H,70,82). The average Bonchev–Trinajstić information content (AvgIpc) is 1.20. The van der Waals surface area contributed by atoms with E-state index in [4.69, 9.17) is 19.4 Å². The van der Waals surface area contributed by atoms with Crippen LogP contribution in [0.2, 0.25) is 0 Å². The summed E-state index contributed by atoms with van der Waals surface area (Å²) in [6.07, 6.45) is 0.806. The molecular formula is C66H66N10O14. The summed E-state index contributed by atoms with van der Waals surface area (Å²) in [4.78, 5) is 167. The lowest BCUT2D eigenvalue weighted by Gasteiger charge is -2.26. The van der Waals surface area contributed by atoms with Gasteiger partial charge in [-0.3, -0.25) is 47.9 Å². The van der Waals surface area contributed by atoms with E-state index in [9.17, 15) is 47.9 Å². The number of hydrogen-bond acceptors (Lipinski definition) is 14. The molecule has 4 bridgehead atoms. The van der Waals surface area contributed by atoms with Crippen molar-refractivity contribution in [3.63, 3.8) is 0 Å². The highest BCUT2D eigenvalue weighted by Gasteiger charge is 2.26. The number of fused-ring (bicyclic) bond motifs is 2. The molecule has 0 saturated carbocycles. The second kappa shape index (κ2) is 31.4. The normalized spacial score (nSPS) is 14.1. The van der Waals surface area contributed by atoms with Gasteiger partial charge in [0.05, 0.1) is 0 Å². The second-order valence-electron chi connectivity index (χ2n) is 20.6. The number of pyridine rings is 4. The zero-order chi connectivity index (χ0) is 63.2. The fourth-order valence-electron chi connectivity index (χ4n) is 9.59. The number of benzene rings is 4. The Morgan fingerprint density at radius 1 is 0.322 bits per heavy atom. The first kappa shape index (κ1) is 63.2. The molecule has 3 aliphatic rings. The van der Waals surface area contributed by atoms with Gasteiger partial charge in [0, 0.05) is 64.5 Å². The van der Waals surface area contributed by atoms with Crippen LogP contribution in [0.25, 0.3) is 0 Å². The van der Waals surface area contributed by atoms with E-state index in [0.29, 0.717) is 20.6 Å². The van der Waals surface area contributed by atoms with Crippen LogP contribution in [0.1, 0.15) is 111 Å². The van der Waals surface area contributed by atoms with Gasteiger partial charge in [-0.05, 0) is 84.3 Å². The van der Waals surface area contributed by atoms with Crippen molar-refractivity contribution < 1.29 is 48.1 Å². The molecule has 11 rings (SSSR count). The highest BCUT2D eigenvalue weighted by atomic mass is 16.7. The van der Waals surface area contributed by atoms with Gasteiger partial charge in [-0.2, -0.15) is 0 Å². The highest BCUT2D eigenvalue weighted by Crippen LogP contribution is 2.13. The molecule has 24 heteroatoms. The molecule has 0 fully saturated rings. The van der Waals surface area contributed by atoms with Gasteiger partial charge in [-0.1, -0.05) is 133 Å². The Morgan fingerprint density at radius 3 is 0.978 bits per heavy atom. The molecule has 7 heterocycles. The molecule has 4 aromatic heterocycles. The van der Waals surface area contributed by atoms with Crippen LogP contribution in [0.15, 0.2) is 201 Å². The van der Waals surface area contributed by atoms with Crippen LogP contribution >= 0.6 is 0 Å². The largest absolute Gasteiger partial charge is 0.405 e. The van der Waals surface area contributed by atoms with Crippen LogP contribution in [0, 0.1) is 0 Å². The Labute approximate surface area is 515 Å². The van der Waals surface area contributed by atoms with Crippen molar-refractivity contribution in [1.82, 2.24) is 50.0 Å². The van der Waals surface area contributed by atoms with Crippen LogP contribution in [0.5, 0.6) is 0 Å². The van der Waals surface area contributed by atoms with Gasteiger partial charge < -0.3 is 50.4 Å². The first-order chi connectivity index (χ1) is 43.8.